The number of fused-ring (bicyclic) bond motifs is 2. The Balaban J connectivity index is 1.44. The summed E-state index contributed by atoms with van der Waals surface area (Å²) in [5, 5.41) is 14.5. The zero-order valence-corrected chi connectivity index (χ0v) is 24.6. The molecule has 5 rings (SSSR count). The Labute approximate surface area is 237 Å². The molecule has 1 amide bonds. The maximum absolute atomic E-state index is 14.0. The monoisotopic (exact) mass is 589 g/mol. The van der Waals surface area contributed by atoms with Crippen molar-refractivity contribution in [1.29, 1.82) is 5.26 Å². The third-order valence-corrected chi connectivity index (χ3v) is 10.5. The molecule has 1 saturated heterocycles. The first-order valence-electron chi connectivity index (χ1n) is 12.9. The van der Waals surface area contributed by atoms with Crippen LogP contribution in [0, 0.1) is 11.3 Å². The molecule has 0 radical (unpaired) electrons. The van der Waals surface area contributed by atoms with Gasteiger partial charge in [0.15, 0.2) is 10.0 Å². The molecule has 3 aromatic rings. The van der Waals surface area contributed by atoms with E-state index in [1.54, 1.807) is 23.1 Å². The van der Waals surface area contributed by atoms with Crippen LogP contribution in [0.2, 0.25) is 5.02 Å². The second-order valence-electron chi connectivity index (χ2n) is 10.4. The van der Waals surface area contributed by atoms with Gasteiger partial charge in [-0.05, 0) is 45.6 Å². The lowest BCUT2D eigenvalue weighted by Crippen LogP contribution is -2.56. The standard InChI is InChI=1S/C26H32ClN7O3S2/c1-16-11-22-23(13-29-16)38-24(30-22)26(35)34-10-9-33(14-18(34)5-4-8-28)39(36,37)25-20(15-32(2)3)19-12-17(27)6-7-21(19)31-25/h6-7,12,16,18,29,31H,4-5,9-11,13-15H2,1-3H3. The highest BCUT2D eigenvalue weighted by Gasteiger charge is 2.39. The Bertz CT molecular complexity index is 1540. The molecule has 4 heterocycles. The molecule has 1 fully saturated rings. The van der Waals surface area contributed by atoms with E-state index in [-0.39, 0.29) is 37.0 Å². The normalized spacial score (nSPS) is 20.4. The van der Waals surface area contributed by atoms with E-state index < -0.39 is 16.1 Å². The number of benzene rings is 1. The molecule has 2 aromatic heterocycles. The first-order valence-corrected chi connectivity index (χ1v) is 15.6. The Kier molecular flexibility index (Phi) is 8.01. The van der Waals surface area contributed by atoms with Gasteiger partial charge in [0.1, 0.15) is 0 Å². The summed E-state index contributed by atoms with van der Waals surface area (Å²) in [5.74, 6) is -0.199. The van der Waals surface area contributed by atoms with Crippen molar-refractivity contribution < 1.29 is 13.2 Å². The number of nitrogens with zero attached hydrogens (tertiary/aromatic N) is 5. The summed E-state index contributed by atoms with van der Waals surface area (Å²) >= 11 is 7.64. The summed E-state index contributed by atoms with van der Waals surface area (Å²) in [6.07, 6.45) is 1.37. The zero-order valence-electron chi connectivity index (χ0n) is 22.2. The predicted octanol–water partition coefficient (Wildman–Crippen LogP) is 3.19. The van der Waals surface area contributed by atoms with Gasteiger partial charge in [0.05, 0.1) is 11.8 Å². The summed E-state index contributed by atoms with van der Waals surface area (Å²) in [7, 11) is -0.159. The van der Waals surface area contributed by atoms with Crippen molar-refractivity contribution in [3.05, 3.63) is 44.4 Å². The first-order chi connectivity index (χ1) is 18.6. The van der Waals surface area contributed by atoms with E-state index in [0.29, 0.717) is 46.7 Å². The molecular weight excluding hydrogens is 558 g/mol. The fraction of sp³-hybridized carbons (Fsp3) is 0.500. The van der Waals surface area contributed by atoms with Crippen molar-refractivity contribution >= 4 is 49.8 Å². The number of aromatic amines is 1. The Hall–Kier alpha value is -2.53. The number of thiazole rings is 1. The average molecular weight is 590 g/mol. The average Bonchev–Trinajstić information content (AvgIpc) is 3.48. The summed E-state index contributed by atoms with van der Waals surface area (Å²) in [4.78, 5) is 26.1. The highest BCUT2D eigenvalue weighted by atomic mass is 35.5. The van der Waals surface area contributed by atoms with Gasteiger partial charge in [0, 0.05) is 84.0 Å². The molecule has 13 heteroatoms. The predicted molar refractivity (Wildman–Crippen MR) is 151 cm³/mol. The number of aromatic nitrogens is 2. The number of H-pyrrole nitrogens is 1. The molecule has 0 spiro atoms. The maximum atomic E-state index is 14.0. The lowest BCUT2D eigenvalue weighted by molar-refractivity contribution is 0.0552. The number of nitrogens with one attached hydrogen (secondary N) is 2. The van der Waals surface area contributed by atoms with Crippen molar-refractivity contribution in [3.8, 4) is 6.07 Å². The summed E-state index contributed by atoms with van der Waals surface area (Å²) in [6.45, 7) is 3.67. The van der Waals surface area contributed by atoms with Crippen molar-refractivity contribution in [1.82, 2.24) is 29.4 Å². The first kappa shape index (κ1) is 28.0. The molecule has 2 unspecified atom stereocenters. The number of carbonyl (C=O) groups excluding carboxylic acids is 1. The third kappa shape index (κ3) is 5.57. The number of hydrogen-bond donors (Lipinski definition) is 2. The van der Waals surface area contributed by atoms with E-state index in [4.69, 9.17) is 11.6 Å². The third-order valence-electron chi connectivity index (χ3n) is 7.27. The van der Waals surface area contributed by atoms with Crippen molar-refractivity contribution in [2.24, 2.45) is 0 Å². The highest BCUT2D eigenvalue weighted by Crippen LogP contribution is 2.33. The van der Waals surface area contributed by atoms with E-state index in [9.17, 15) is 18.5 Å². The van der Waals surface area contributed by atoms with Gasteiger partial charge in [-0.15, -0.1) is 11.3 Å². The van der Waals surface area contributed by atoms with Crippen LogP contribution >= 0.6 is 22.9 Å². The lowest BCUT2D eigenvalue weighted by Gasteiger charge is -2.40. The van der Waals surface area contributed by atoms with Gasteiger partial charge in [0.25, 0.3) is 15.9 Å². The van der Waals surface area contributed by atoms with Crippen LogP contribution in [0.5, 0.6) is 0 Å². The number of sulfonamides is 1. The van der Waals surface area contributed by atoms with Gasteiger partial charge >= 0.3 is 0 Å². The summed E-state index contributed by atoms with van der Waals surface area (Å²) < 4.78 is 29.5. The molecule has 0 bridgehead atoms. The molecule has 2 atom stereocenters. The van der Waals surface area contributed by atoms with Gasteiger partial charge in [-0.25, -0.2) is 13.4 Å². The van der Waals surface area contributed by atoms with Crippen LogP contribution in [0.3, 0.4) is 0 Å². The van der Waals surface area contributed by atoms with Crippen molar-refractivity contribution in [3.63, 3.8) is 0 Å². The number of nitriles is 1. The molecule has 1 aromatic carbocycles. The number of amides is 1. The van der Waals surface area contributed by atoms with E-state index in [2.05, 4.69) is 28.3 Å². The van der Waals surface area contributed by atoms with Crippen LogP contribution < -0.4 is 5.32 Å². The minimum atomic E-state index is -3.93. The SMILES string of the molecule is CC1Cc2nc(C(=O)N3CCN(S(=O)(=O)c4[nH]c5ccc(Cl)cc5c4CN(C)C)CC3CCC#N)sc2CN1. The van der Waals surface area contributed by atoms with Gasteiger partial charge in [-0.1, -0.05) is 11.6 Å². The molecule has 0 aliphatic carbocycles. The van der Waals surface area contributed by atoms with Crippen LogP contribution in [-0.2, 0) is 29.5 Å². The largest absolute Gasteiger partial charge is 0.344 e. The summed E-state index contributed by atoms with van der Waals surface area (Å²) in [6, 6.07) is 7.31. The van der Waals surface area contributed by atoms with E-state index in [0.717, 1.165) is 22.4 Å². The van der Waals surface area contributed by atoms with Gasteiger partial charge in [-0.2, -0.15) is 9.57 Å². The van der Waals surface area contributed by atoms with E-state index in [1.807, 2.05) is 19.0 Å². The van der Waals surface area contributed by atoms with Gasteiger partial charge in [0.2, 0.25) is 0 Å². The minimum absolute atomic E-state index is 0.108. The Morgan fingerprint density at radius 3 is 2.87 bits per heavy atom. The fourth-order valence-electron chi connectivity index (χ4n) is 5.33. The van der Waals surface area contributed by atoms with Gasteiger partial charge < -0.3 is 20.1 Å². The van der Waals surface area contributed by atoms with Crippen LogP contribution in [0.1, 0.15) is 45.7 Å². The molecule has 39 heavy (non-hydrogen) atoms. The van der Waals surface area contributed by atoms with Crippen molar-refractivity contribution in [2.45, 2.75) is 56.4 Å². The lowest BCUT2D eigenvalue weighted by atomic mass is 10.1. The zero-order chi connectivity index (χ0) is 27.9. The molecule has 2 N–H and O–H groups in total. The molecule has 10 nitrogen and oxygen atoms in total. The maximum Gasteiger partial charge on any atom is 0.283 e. The summed E-state index contributed by atoms with van der Waals surface area (Å²) in [5.41, 5.74) is 2.30. The number of carbonyl (C=O) groups is 1. The number of halogens is 1. The quantitative estimate of drug-likeness (QED) is 0.433. The van der Waals surface area contributed by atoms with Crippen LogP contribution in [0.25, 0.3) is 10.9 Å². The minimum Gasteiger partial charge on any atom is -0.344 e. The Morgan fingerprint density at radius 2 is 2.13 bits per heavy atom. The molecule has 208 valence electrons. The Morgan fingerprint density at radius 1 is 1.33 bits per heavy atom. The van der Waals surface area contributed by atoms with E-state index >= 15 is 0 Å². The topological polar surface area (TPSA) is 125 Å². The fourth-order valence-corrected chi connectivity index (χ4v) is 8.17. The van der Waals surface area contributed by atoms with Crippen molar-refractivity contribution in [2.75, 3.05) is 33.7 Å². The number of rotatable bonds is 7. The number of piperazine rings is 1. The smallest absolute Gasteiger partial charge is 0.283 e. The highest BCUT2D eigenvalue weighted by molar-refractivity contribution is 7.89. The van der Waals surface area contributed by atoms with Crippen LogP contribution in [-0.4, -0.2) is 84.2 Å². The molecular formula is C26H32ClN7O3S2. The molecule has 2 aliphatic rings. The van der Waals surface area contributed by atoms with Gasteiger partial charge in [-0.3, -0.25) is 4.79 Å². The van der Waals surface area contributed by atoms with Crippen LogP contribution in [0.4, 0.5) is 0 Å². The second-order valence-corrected chi connectivity index (χ2v) is 13.8. The molecule has 2 aliphatic heterocycles. The second kappa shape index (κ2) is 11.2. The molecule has 0 saturated carbocycles. The van der Waals surface area contributed by atoms with Crippen LogP contribution in [0.15, 0.2) is 23.2 Å². The number of hydrogen-bond acceptors (Lipinski definition) is 8. The van der Waals surface area contributed by atoms with E-state index in [1.165, 1.54) is 15.6 Å².